The van der Waals surface area contributed by atoms with Gasteiger partial charge in [0.2, 0.25) is 0 Å². The summed E-state index contributed by atoms with van der Waals surface area (Å²) in [7, 11) is 12.2. The minimum absolute atomic E-state index is 0.219. The molecule has 0 saturated carbocycles. The Kier molecular flexibility index (Phi) is 12.8. The lowest BCUT2D eigenvalue weighted by molar-refractivity contribution is -0.124. The van der Waals surface area contributed by atoms with Crippen molar-refractivity contribution >= 4 is 80.1 Å². The van der Waals surface area contributed by atoms with Crippen molar-refractivity contribution in [3.63, 3.8) is 0 Å². The summed E-state index contributed by atoms with van der Waals surface area (Å²) in [6.07, 6.45) is 0. The Morgan fingerprint density at radius 1 is 0.333 bits per heavy atom. The zero-order valence-electron chi connectivity index (χ0n) is 41.6. The van der Waals surface area contributed by atoms with Gasteiger partial charge >= 0.3 is 0 Å². The van der Waals surface area contributed by atoms with Crippen LogP contribution in [-0.4, -0.2) is 63.9 Å². The maximum atomic E-state index is 15.5. The SMILES string of the molecule is CN(C)c1ccc(N(c2ccc(N)cc2)c2ccc(C3=C4C(=O)N(Cc5ccccc5)C(c5ccc(N(c6ccc(N(C)C)cc6)c6ccc(N(C)C)cc6)cc5)=C4C(=O)N3Cc3ccccc3)cc2)cc1. The van der Waals surface area contributed by atoms with E-state index in [1.165, 1.54) is 0 Å². The molecule has 0 saturated heterocycles. The molecule has 2 aliphatic rings. The largest absolute Gasteiger partial charge is 0.399 e. The zero-order chi connectivity index (χ0) is 50.0. The molecule has 10 nitrogen and oxygen atoms in total. The van der Waals surface area contributed by atoms with Crippen LogP contribution < -0.4 is 30.2 Å². The first-order valence-electron chi connectivity index (χ1n) is 24.1. The number of fused-ring (bicyclic) bond motifs is 1. The highest BCUT2D eigenvalue weighted by atomic mass is 16.2. The number of rotatable bonds is 15. The van der Waals surface area contributed by atoms with Crippen LogP contribution in [0, 0.1) is 0 Å². The van der Waals surface area contributed by atoms with E-state index < -0.39 is 0 Å². The summed E-state index contributed by atoms with van der Waals surface area (Å²) >= 11 is 0. The molecule has 0 bridgehead atoms. The number of benzene rings is 8. The van der Waals surface area contributed by atoms with E-state index in [1.807, 2.05) is 151 Å². The van der Waals surface area contributed by atoms with Crippen molar-refractivity contribution in [2.45, 2.75) is 13.1 Å². The van der Waals surface area contributed by atoms with Gasteiger partial charge in [0.15, 0.2) is 0 Å². The summed E-state index contributed by atoms with van der Waals surface area (Å²) < 4.78 is 0. The van der Waals surface area contributed by atoms with Gasteiger partial charge in [-0.2, -0.15) is 0 Å². The van der Waals surface area contributed by atoms with E-state index in [-0.39, 0.29) is 24.9 Å². The first-order chi connectivity index (χ1) is 34.9. The van der Waals surface area contributed by atoms with Crippen LogP contribution in [0.3, 0.4) is 0 Å². The number of anilines is 10. The van der Waals surface area contributed by atoms with Crippen LogP contribution in [0.25, 0.3) is 11.4 Å². The van der Waals surface area contributed by atoms with Crippen molar-refractivity contribution in [3.8, 4) is 0 Å². The van der Waals surface area contributed by atoms with E-state index in [9.17, 15) is 0 Å². The van der Waals surface area contributed by atoms with Crippen molar-refractivity contribution < 1.29 is 9.59 Å². The molecule has 2 heterocycles. The molecule has 0 fully saturated rings. The average molecular weight is 947 g/mol. The van der Waals surface area contributed by atoms with Crippen molar-refractivity contribution in [1.82, 2.24) is 9.80 Å². The van der Waals surface area contributed by atoms with Gasteiger partial charge in [-0.25, -0.2) is 0 Å². The fourth-order valence-corrected chi connectivity index (χ4v) is 9.58. The molecule has 0 spiro atoms. The quantitative estimate of drug-likeness (QED) is 0.102. The molecule has 358 valence electrons. The van der Waals surface area contributed by atoms with Gasteiger partial charge in [-0.05, 0) is 144 Å². The minimum Gasteiger partial charge on any atom is -0.399 e. The zero-order valence-corrected chi connectivity index (χ0v) is 41.6. The molecular weight excluding hydrogens is 889 g/mol. The second-order valence-electron chi connectivity index (χ2n) is 18.8. The van der Waals surface area contributed by atoms with E-state index in [0.717, 1.165) is 73.4 Å². The molecule has 10 heteroatoms. The number of nitrogen functional groups attached to an aromatic ring is 1. The third-order valence-corrected chi connectivity index (χ3v) is 13.4. The Morgan fingerprint density at radius 2 is 0.583 bits per heavy atom. The summed E-state index contributed by atoms with van der Waals surface area (Å²) in [6.45, 7) is 0.569. The number of hydrogen-bond acceptors (Lipinski definition) is 8. The standard InChI is InChI=1S/C62H58N8O2/c1-64(2)48-29-35-54(36-30-48)69(53-27-21-47(63)22-28-53)51-23-17-45(18-24-51)59-57-58(62(72)67(59)41-43-13-9-7-10-14-43)60(68(61(57)71)42-44-15-11-8-12-16-44)46-19-25-52(26-20-46)70(55-37-31-49(32-38-55)65(3)4)56-39-33-50(34-40-56)66(5)6/h7-40H,41-42,63H2,1-6H3. The summed E-state index contributed by atoms with van der Waals surface area (Å²) in [5.41, 5.74) is 21.3. The van der Waals surface area contributed by atoms with Crippen LogP contribution in [0.1, 0.15) is 22.3 Å². The van der Waals surface area contributed by atoms with E-state index in [0.29, 0.717) is 28.2 Å². The molecule has 10 rings (SSSR count). The van der Waals surface area contributed by atoms with E-state index >= 15 is 9.59 Å². The van der Waals surface area contributed by atoms with Crippen LogP contribution in [-0.2, 0) is 22.7 Å². The van der Waals surface area contributed by atoms with Crippen LogP contribution in [0.15, 0.2) is 217 Å². The van der Waals surface area contributed by atoms with Crippen molar-refractivity contribution in [2.24, 2.45) is 0 Å². The average Bonchev–Trinajstić information content (AvgIpc) is 3.84. The van der Waals surface area contributed by atoms with Crippen LogP contribution >= 0.6 is 0 Å². The highest BCUT2D eigenvalue weighted by Crippen LogP contribution is 2.49. The molecule has 8 aromatic rings. The summed E-state index contributed by atoms with van der Waals surface area (Å²) in [5.74, 6) is -0.437. The third kappa shape index (κ3) is 9.13. The Hall–Kier alpha value is -9.02. The van der Waals surface area contributed by atoms with Gasteiger partial charge in [0, 0.05) is 99.2 Å². The molecule has 72 heavy (non-hydrogen) atoms. The number of amides is 2. The van der Waals surface area contributed by atoms with Gasteiger partial charge in [0.1, 0.15) is 0 Å². The molecule has 0 radical (unpaired) electrons. The van der Waals surface area contributed by atoms with Gasteiger partial charge in [-0.1, -0.05) is 84.9 Å². The Balaban J connectivity index is 1.11. The van der Waals surface area contributed by atoms with Crippen LogP contribution in [0.2, 0.25) is 0 Å². The molecule has 0 atom stereocenters. The second kappa shape index (κ2) is 19.8. The molecule has 0 aromatic heterocycles. The van der Waals surface area contributed by atoms with Gasteiger partial charge in [-0.15, -0.1) is 0 Å². The van der Waals surface area contributed by atoms with Gasteiger partial charge < -0.3 is 40.0 Å². The van der Waals surface area contributed by atoms with Gasteiger partial charge in [0.05, 0.1) is 35.6 Å². The Bertz CT molecular complexity index is 3230. The Labute approximate surface area is 423 Å². The monoisotopic (exact) mass is 946 g/mol. The van der Waals surface area contributed by atoms with Crippen molar-refractivity contribution in [3.05, 3.63) is 240 Å². The number of nitrogens with zero attached hydrogens (tertiary/aromatic N) is 7. The molecule has 0 aliphatic carbocycles. The number of carbonyl (C=O) groups is 2. The summed E-state index contributed by atoms with van der Waals surface area (Å²) in [5, 5.41) is 0. The molecule has 2 N–H and O–H groups in total. The molecule has 8 aromatic carbocycles. The normalized spacial score (nSPS) is 13.2. The molecule has 2 amide bonds. The number of hydrogen-bond donors (Lipinski definition) is 1. The lowest BCUT2D eigenvalue weighted by Gasteiger charge is -2.28. The summed E-state index contributed by atoms with van der Waals surface area (Å²) in [4.78, 5) is 45.1. The fraction of sp³-hybridized carbons (Fsp3) is 0.129. The molecule has 0 unspecified atom stereocenters. The lowest BCUT2D eigenvalue weighted by atomic mass is 10.0. The minimum atomic E-state index is -0.219. The molecule has 2 aliphatic heterocycles. The smallest absolute Gasteiger partial charge is 0.261 e. The highest BCUT2D eigenvalue weighted by Gasteiger charge is 2.49. The van der Waals surface area contributed by atoms with Crippen molar-refractivity contribution in [2.75, 3.05) is 72.5 Å². The van der Waals surface area contributed by atoms with Crippen LogP contribution in [0.5, 0.6) is 0 Å². The van der Waals surface area contributed by atoms with Gasteiger partial charge in [-0.3, -0.25) is 9.59 Å². The van der Waals surface area contributed by atoms with Crippen LogP contribution in [0.4, 0.5) is 56.9 Å². The number of carbonyl (C=O) groups excluding carboxylic acids is 2. The van der Waals surface area contributed by atoms with Gasteiger partial charge in [0.25, 0.3) is 11.8 Å². The maximum absolute atomic E-state index is 15.5. The molecular formula is C62H58N8O2. The van der Waals surface area contributed by atoms with E-state index in [4.69, 9.17) is 5.73 Å². The third-order valence-electron chi connectivity index (χ3n) is 13.4. The number of nitrogens with two attached hydrogens (primary N) is 1. The predicted octanol–water partition coefficient (Wildman–Crippen LogP) is 12.6. The van der Waals surface area contributed by atoms with Crippen molar-refractivity contribution in [1.29, 1.82) is 0 Å². The highest BCUT2D eigenvalue weighted by molar-refractivity contribution is 6.30. The predicted molar refractivity (Wildman–Crippen MR) is 297 cm³/mol. The fourth-order valence-electron chi connectivity index (χ4n) is 9.58. The lowest BCUT2D eigenvalue weighted by Crippen LogP contribution is -2.29. The Morgan fingerprint density at radius 3 is 0.861 bits per heavy atom. The topological polar surface area (TPSA) is 82.8 Å². The first-order valence-corrected chi connectivity index (χ1v) is 24.1. The second-order valence-corrected chi connectivity index (χ2v) is 18.8. The van der Waals surface area contributed by atoms with E-state index in [1.54, 1.807) is 9.80 Å². The first kappa shape index (κ1) is 46.7. The maximum Gasteiger partial charge on any atom is 0.261 e. The summed E-state index contributed by atoms with van der Waals surface area (Å²) in [6, 6.07) is 69.6. The van der Waals surface area contributed by atoms with E-state index in [2.05, 4.69) is 122 Å².